The lowest BCUT2D eigenvalue weighted by atomic mass is 10.2. The Morgan fingerprint density at radius 1 is 1.20 bits per heavy atom. The third kappa shape index (κ3) is 3.24. The van der Waals surface area contributed by atoms with Crippen molar-refractivity contribution in [1.82, 2.24) is 9.97 Å². The molecule has 20 heavy (non-hydrogen) atoms. The Hall–Kier alpha value is -2.14. The van der Waals surface area contributed by atoms with Crippen molar-refractivity contribution in [3.63, 3.8) is 0 Å². The number of benzene rings is 1. The highest BCUT2D eigenvalue weighted by atomic mass is 16.5. The number of hydrogen-bond donors (Lipinski definition) is 1. The van der Waals surface area contributed by atoms with E-state index in [1.165, 1.54) is 11.9 Å². The quantitative estimate of drug-likeness (QED) is 0.868. The van der Waals surface area contributed by atoms with E-state index in [-0.39, 0.29) is 0 Å². The van der Waals surface area contributed by atoms with Crippen LogP contribution in [0.1, 0.15) is 11.1 Å². The summed E-state index contributed by atoms with van der Waals surface area (Å²) in [6.45, 7) is 4.02. The molecule has 0 radical (unpaired) electrons. The maximum Gasteiger partial charge on any atom is 0.221 e. The summed E-state index contributed by atoms with van der Waals surface area (Å²) in [7, 11) is 1.61. The van der Waals surface area contributed by atoms with E-state index in [0.29, 0.717) is 12.4 Å². The van der Waals surface area contributed by atoms with Gasteiger partial charge in [0.2, 0.25) is 5.88 Å². The van der Waals surface area contributed by atoms with Crippen molar-refractivity contribution < 1.29 is 4.74 Å². The summed E-state index contributed by atoms with van der Waals surface area (Å²) < 4.78 is 5.26. The Kier molecular flexibility index (Phi) is 4.90. The number of nitrogens with zero attached hydrogens (tertiary/aromatic N) is 3. The van der Waals surface area contributed by atoms with Crippen LogP contribution < -0.4 is 15.4 Å². The number of anilines is 1. The molecule has 0 unspecified atom stereocenters. The highest BCUT2D eigenvalue weighted by molar-refractivity contribution is 5.50. The third-order valence-corrected chi connectivity index (χ3v) is 3.12. The maximum absolute atomic E-state index is 5.72. The first-order valence-corrected chi connectivity index (χ1v) is 6.60. The Labute approximate surface area is 119 Å². The summed E-state index contributed by atoms with van der Waals surface area (Å²) in [6, 6.07) is 10.3. The van der Waals surface area contributed by atoms with Gasteiger partial charge in [-0.15, -0.1) is 0 Å². The van der Waals surface area contributed by atoms with Gasteiger partial charge in [0, 0.05) is 19.6 Å². The van der Waals surface area contributed by atoms with E-state index in [2.05, 4.69) is 27.0 Å². The number of rotatable bonds is 6. The van der Waals surface area contributed by atoms with Crippen LogP contribution in [0.2, 0.25) is 0 Å². The van der Waals surface area contributed by atoms with Gasteiger partial charge in [-0.25, -0.2) is 9.97 Å². The van der Waals surface area contributed by atoms with Crippen LogP contribution in [0, 0.1) is 6.92 Å². The van der Waals surface area contributed by atoms with Crippen molar-refractivity contribution in [2.45, 2.75) is 13.5 Å². The van der Waals surface area contributed by atoms with E-state index in [1.807, 2.05) is 25.1 Å². The Morgan fingerprint density at radius 3 is 2.60 bits per heavy atom. The van der Waals surface area contributed by atoms with E-state index in [1.54, 1.807) is 7.11 Å². The molecule has 1 aromatic heterocycles. The summed E-state index contributed by atoms with van der Waals surface area (Å²) >= 11 is 0. The Bertz CT molecular complexity index is 545. The van der Waals surface area contributed by atoms with E-state index >= 15 is 0 Å². The van der Waals surface area contributed by atoms with Gasteiger partial charge in [0.25, 0.3) is 0 Å². The van der Waals surface area contributed by atoms with Crippen molar-refractivity contribution in [2.75, 3.05) is 25.1 Å². The summed E-state index contributed by atoms with van der Waals surface area (Å²) in [5.74, 6) is 1.47. The normalized spacial score (nSPS) is 10.3. The first-order chi connectivity index (χ1) is 9.76. The molecule has 0 bridgehead atoms. The zero-order valence-corrected chi connectivity index (χ0v) is 11.9. The number of ether oxygens (including phenoxy) is 1. The molecule has 0 fully saturated rings. The van der Waals surface area contributed by atoms with E-state index in [0.717, 1.165) is 24.5 Å². The van der Waals surface area contributed by atoms with Gasteiger partial charge in [-0.1, -0.05) is 30.3 Å². The Morgan fingerprint density at radius 2 is 1.95 bits per heavy atom. The lowest BCUT2D eigenvalue weighted by Gasteiger charge is -2.25. The second-order valence-electron chi connectivity index (χ2n) is 4.53. The van der Waals surface area contributed by atoms with E-state index in [4.69, 9.17) is 10.5 Å². The number of aromatic nitrogens is 2. The van der Waals surface area contributed by atoms with Crippen LogP contribution in [-0.2, 0) is 6.54 Å². The fraction of sp³-hybridized carbons (Fsp3) is 0.333. The fourth-order valence-corrected chi connectivity index (χ4v) is 2.17. The van der Waals surface area contributed by atoms with Crippen molar-refractivity contribution in [3.05, 3.63) is 47.8 Å². The molecule has 0 aliphatic heterocycles. The lowest BCUT2D eigenvalue weighted by Crippen LogP contribution is -2.30. The number of nitrogens with two attached hydrogens (primary N) is 1. The van der Waals surface area contributed by atoms with Gasteiger partial charge in [-0.2, -0.15) is 0 Å². The zero-order valence-electron chi connectivity index (χ0n) is 11.9. The molecule has 106 valence electrons. The summed E-state index contributed by atoms with van der Waals surface area (Å²) in [5, 5.41) is 0. The molecule has 5 nitrogen and oxygen atoms in total. The molecule has 0 aliphatic carbocycles. The molecule has 0 atom stereocenters. The summed E-state index contributed by atoms with van der Waals surface area (Å²) in [5.41, 5.74) is 7.88. The molecule has 0 amide bonds. The average molecular weight is 272 g/mol. The lowest BCUT2D eigenvalue weighted by molar-refractivity contribution is 0.393. The van der Waals surface area contributed by atoms with Crippen molar-refractivity contribution in [3.8, 4) is 5.88 Å². The third-order valence-electron chi connectivity index (χ3n) is 3.12. The zero-order chi connectivity index (χ0) is 14.4. The molecule has 1 aromatic carbocycles. The second-order valence-corrected chi connectivity index (χ2v) is 4.53. The molecule has 0 aliphatic rings. The maximum atomic E-state index is 5.72. The van der Waals surface area contributed by atoms with Crippen molar-refractivity contribution in [1.29, 1.82) is 0 Å². The van der Waals surface area contributed by atoms with Crippen molar-refractivity contribution >= 4 is 5.82 Å². The highest BCUT2D eigenvalue weighted by Crippen LogP contribution is 2.24. The molecular weight excluding hydrogens is 252 g/mol. The minimum Gasteiger partial charge on any atom is -0.481 e. The minimum atomic E-state index is 0.568. The predicted molar refractivity (Wildman–Crippen MR) is 79.9 cm³/mol. The van der Waals surface area contributed by atoms with Crippen LogP contribution in [-0.4, -0.2) is 30.2 Å². The SMILES string of the molecule is COc1ncnc(N(CCN)Cc2ccccc2)c1C. The number of methoxy groups -OCH3 is 1. The largest absolute Gasteiger partial charge is 0.481 e. The van der Waals surface area contributed by atoms with E-state index < -0.39 is 0 Å². The smallest absolute Gasteiger partial charge is 0.221 e. The standard InChI is InChI=1S/C15H20N4O/c1-12-14(17-11-18-15(12)20-2)19(9-8-16)10-13-6-4-3-5-7-13/h3-7,11H,8-10,16H2,1-2H3. The molecular formula is C15H20N4O. The van der Waals surface area contributed by atoms with Gasteiger partial charge >= 0.3 is 0 Å². The Balaban J connectivity index is 2.29. The first kappa shape index (κ1) is 14.3. The van der Waals surface area contributed by atoms with Crippen LogP contribution in [0.5, 0.6) is 5.88 Å². The van der Waals surface area contributed by atoms with Crippen LogP contribution >= 0.6 is 0 Å². The second kappa shape index (κ2) is 6.86. The van der Waals surface area contributed by atoms with Gasteiger partial charge in [0.1, 0.15) is 12.1 Å². The van der Waals surface area contributed by atoms with Crippen molar-refractivity contribution in [2.24, 2.45) is 5.73 Å². The summed E-state index contributed by atoms with van der Waals surface area (Å²) in [4.78, 5) is 10.6. The van der Waals surface area contributed by atoms with Crippen LogP contribution in [0.15, 0.2) is 36.7 Å². The molecule has 2 rings (SSSR count). The van der Waals surface area contributed by atoms with E-state index in [9.17, 15) is 0 Å². The van der Waals surface area contributed by atoms with Gasteiger partial charge in [0.05, 0.1) is 12.7 Å². The molecule has 1 heterocycles. The van der Waals surface area contributed by atoms with Gasteiger partial charge in [0.15, 0.2) is 0 Å². The predicted octanol–water partition coefficient (Wildman–Crippen LogP) is 1.76. The minimum absolute atomic E-state index is 0.568. The average Bonchev–Trinajstić information content (AvgIpc) is 2.48. The monoisotopic (exact) mass is 272 g/mol. The van der Waals surface area contributed by atoms with Crippen LogP contribution in [0.3, 0.4) is 0 Å². The molecule has 2 aromatic rings. The summed E-state index contributed by atoms with van der Waals surface area (Å²) in [6.07, 6.45) is 1.52. The van der Waals surface area contributed by atoms with Gasteiger partial charge in [-0.3, -0.25) is 0 Å². The topological polar surface area (TPSA) is 64.3 Å². The van der Waals surface area contributed by atoms with Crippen LogP contribution in [0.4, 0.5) is 5.82 Å². The molecule has 2 N–H and O–H groups in total. The fourth-order valence-electron chi connectivity index (χ4n) is 2.17. The molecule has 0 spiro atoms. The van der Waals surface area contributed by atoms with Gasteiger partial charge in [-0.05, 0) is 12.5 Å². The molecule has 0 saturated heterocycles. The first-order valence-electron chi connectivity index (χ1n) is 6.60. The van der Waals surface area contributed by atoms with Crippen LogP contribution in [0.25, 0.3) is 0 Å². The molecule has 5 heteroatoms. The highest BCUT2D eigenvalue weighted by Gasteiger charge is 2.14. The number of hydrogen-bond acceptors (Lipinski definition) is 5. The van der Waals surface area contributed by atoms with Gasteiger partial charge < -0.3 is 15.4 Å². The molecule has 0 saturated carbocycles.